The number of rotatable bonds is 12. The van der Waals surface area contributed by atoms with Gasteiger partial charge < -0.3 is 25.0 Å². The number of piperazine rings is 2. The number of anilines is 3. The summed E-state index contributed by atoms with van der Waals surface area (Å²) in [6, 6.07) is 13.2. The lowest BCUT2D eigenvalue weighted by Gasteiger charge is -2.33. The summed E-state index contributed by atoms with van der Waals surface area (Å²) in [5, 5.41) is 7.70. The fourth-order valence-corrected chi connectivity index (χ4v) is 10.3. The average Bonchev–Trinajstić information content (AvgIpc) is 4.02. The highest BCUT2D eigenvalue weighted by Gasteiger charge is 2.26. The monoisotopic (exact) mass is 952 g/mol. The van der Waals surface area contributed by atoms with E-state index in [1.54, 1.807) is 16.8 Å². The SMILES string of the molecule is CC(=O)c1c(C)c2cnc(Cc3ccc(N4CCNCC4)cn3)nc2n(C2CCCC2)c1=O.CCN1CCN(Cc2ccc(Nc3ncc(F)c(-c4cc(F)c5cc(C)n(C(C)C)c5c4)n3)nc2)CC1. The first-order valence-corrected chi connectivity index (χ1v) is 24.7. The minimum absolute atomic E-state index is 0.0373. The van der Waals surface area contributed by atoms with Crippen molar-refractivity contribution in [3.63, 3.8) is 0 Å². The van der Waals surface area contributed by atoms with Crippen LogP contribution in [0.2, 0.25) is 0 Å². The number of halogens is 2. The van der Waals surface area contributed by atoms with Gasteiger partial charge in [0.2, 0.25) is 5.95 Å². The molecule has 0 unspecified atom stereocenters. The molecule has 1 aromatic carbocycles. The van der Waals surface area contributed by atoms with Crippen LogP contribution in [0.3, 0.4) is 0 Å². The number of carbonyl (C=O) groups is 1. The first kappa shape index (κ1) is 48.5. The molecule has 0 bridgehead atoms. The highest BCUT2D eigenvalue weighted by molar-refractivity contribution is 5.99. The Balaban J connectivity index is 0.000000175. The third kappa shape index (κ3) is 10.5. The predicted molar refractivity (Wildman–Crippen MR) is 271 cm³/mol. The molecule has 3 fully saturated rings. The van der Waals surface area contributed by atoms with Gasteiger partial charge in [-0.2, -0.15) is 0 Å². The number of aryl methyl sites for hydroxylation is 2. The normalized spacial score (nSPS) is 16.0. The van der Waals surface area contributed by atoms with Crippen molar-refractivity contribution < 1.29 is 13.6 Å². The van der Waals surface area contributed by atoms with Gasteiger partial charge in [0.25, 0.3) is 5.56 Å². The Morgan fingerprint density at radius 2 is 1.59 bits per heavy atom. The third-order valence-electron chi connectivity index (χ3n) is 13.9. The van der Waals surface area contributed by atoms with Gasteiger partial charge in [0.15, 0.2) is 11.6 Å². The third-order valence-corrected chi connectivity index (χ3v) is 13.9. The molecule has 1 aliphatic carbocycles. The van der Waals surface area contributed by atoms with Crippen molar-refractivity contribution in [2.24, 2.45) is 0 Å². The summed E-state index contributed by atoms with van der Waals surface area (Å²) in [6.45, 7) is 21.7. The van der Waals surface area contributed by atoms with E-state index in [0.717, 1.165) is 125 Å². The van der Waals surface area contributed by atoms with Gasteiger partial charge in [0.1, 0.15) is 28.8 Å². The summed E-state index contributed by atoms with van der Waals surface area (Å²) < 4.78 is 33.6. The highest BCUT2D eigenvalue weighted by Crippen LogP contribution is 2.34. The zero-order valence-corrected chi connectivity index (χ0v) is 41.1. The van der Waals surface area contributed by atoms with Gasteiger partial charge in [0, 0.05) is 111 Å². The standard InChI is InChI=1S/C28H33F2N7.C25H30N6O2/c1-5-35-8-10-36(11-9-35)17-20-6-7-26(31-15-20)33-28-32-16-24(30)27(34-28)21-13-23(29)22-12-19(4)37(18(2)3)25(22)14-21;1-16-21-15-28-22(13-18-7-8-20(14-27-18)30-11-9-26-10-12-30)29-24(21)31(19-5-3-4-6-19)25(33)23(16)17(2)32/h6-7,12-16,18H,5,8-11,17H2,1-4H3,(H,31,32,33,34);7-8,14-15,19,26H,3-6,9-13H2,1-2H3. The second-order valence-electron chi connectivity index (χ2n) is 19.0. The summed E-state index contributed by atoms with van der Waals surface area (Å²) >= 11 is 0. The van der Waals surface area contributed by atoms with Crippen LogP contribution in [0.5, 0.6) is 0 Å². The number of benzene rings is 1. The molecule has 70 heavy (non-hydrogen) atoms. The Morgan fingerprint density at radius 3 is 2.26 bits per heavy atom. The number of hydrogen-bond donors (Lipinski definition) is 2. The largest absolute Gasteiger partial charge is 0.368 e. The van der Waals surface area contributed by atoms with Gasteiger partial charge >= 0.3 is 0 Å². The molecular formula is C53H63F2N13O2. The summed E-state index contributed by atoms with van der Waals surface area (Å²) in [6.07, 6.45) is 11.2. The number of pyridine rings is 3. The van der Waals surface area contributed by atoms with Crippen molar-refractivity contribution >= 4 is 45.2 Å². The van der Waals surface area contributed by atoms with Gasteiger partial charge in [-0.3, -0.25) is 24.0 Å². The minimum atomic E-state index is -0.616. The van der Waals surface area contributed by atoms with Gasteiger partial charge in [-0.05, 0) is 102 Å². The van der Waals surface area contributed by atoms with Crippen LogP contribution >= 0.6 is 0 Å². The van der Waals surface area contributed by atoms with E-state index in [0.29, 0.717) is 45.7 Å². The smallest absolute Gasteiger partial charge is 0.263 e. The molecule has 1 saturated carbocycles. The van der Waals surface area contributed by atoms with E-state index in [2.05, 4.69) is 63.2 Å². The van der Waals surface area contributed by atoms with Crippen LogP contribution in [-0.4, -0.2) is 114 Å². The lowest BCUT2D eigenvalue weighted by Crippen LogP contribution is -2.45. The Kier molecular flexibility index (Phi) is 14.7. The molecule has 0 amide bonds. The van der Waals surface area contributed by atoms with Gasteiger partial charge in [-0.1, -0.05) is 25.8 Å². The fourth-order valence-electron chi connectivity index (χ4n) is 10.3. The molecular weight excluding hydrogens is 889 g/mol. The number of hydrogen-bond acceptors (Lipinski definition) is 13. The first-order valence-electron chi connectivity index (χ1n) is 24.7. The van der Waals surface area contributed by atoms with Crippen LogP contribution < -0.4 is 21.1 Å². The zero-order chi connectivity index (χ0) is 49.1. The molecule has 15 nitrogen and oxygen atoms in total. The molecule has 0 spiro atoms. The van der Waals surface area contributed by atoms with E-state index < -0.39 is 11.6 Å². The summed E-state index contributed by atoms with van der Waals surface area (Å²) in [7, 11) is 0. The molecule has 2 aliphatic heterocycles. The molecule has 8 heterocycles. The molecule has 6 aromatic heterocycles. The molecule has 366 valence electrons. The number of ketones is 1. The lowest BCUT2D eigenvalue weighted by molar-refractivity contribution is 0.101. The van der Waals surface area contributed by atoms with E-state index >= 15 is 4.39 Å². The Morgan fingerprint density at radius 1 is 0.829 bits per heavy atom. The van der Waals surface area contributed by atoms with Crippen LogP contribution in [0, 0.1) is 25.5 Å². The van der Waals surface area contributed by atoms with Crippen LogP contribution in [0.25, 0.3) is 33.2 Å². The molecule has 3 aliphatic rings. The van der Waals surface area contributed by atoms with Crippen molar-refractivity contribution in [3.8, 4) is 11.3 Å². The van der Waals surface area contributed by atoms with E-state index in [-0.39, 0.29) is 40.6 Å². The summed E-state index contributed by atoms with van der Waals surface area (Å²) in [4.78, 5) is 59.8. The van der Waals surface area contributed by atoms with Crippen LogP contribution in [-0.2, 0) is 13.0 Å². The van der Waals surface area contributed by atoms with Gasteiger partial charge in [0.05, 0.1) is 35.6 Å². The van der Waals surface area contributed by atoms with Crippen LogP contribution in [0.15, 0.2) is 72.0 Å². The van der Waals surface area contributed by atoms with Gasteiger partial charge in [-0.15, -0.1) is 0 Å². The molecule has 2 N–H and O–H groups in total. The number of nitrogens with one attached hydrogen (secondary N) is 2. The Labute approximate surface area is 407 Å². The van der Waals surface area contributed by atoms with Crippen molar-refractivity contribution in [2.75, 3.05) is 69.1 Å². The average molecular weight is 952 g/mol. The summed E-state index contributed by atoms with van der Waals surface area (Å²) in [5.74, 6) is 0.160. The van der Waals surface area contributed by atoms with E-state index in [1.807, 2.05) is 68.9 Å². The number of Topliss-reactive ketones (excluding diaryl/α,β-unsaturated/α-hetero) is 1. The van der Waals surface area contributed by atoms with Crippen LogP contribution in [0.4, 0.5) is 26.2 Å². The second kappa shape index (κ2) is 21.2. The quantitative estimate of drug-likeness (QED) is 0.113. The number of carbonyl (C=O) groups excluding carboxylic acids is 1. The molecule has 7 aromatic rings. The molecule has 2 saturated heterocycles. The van der Waals surface area contributed by atoms with Gasteiger partial charge in [-0.25, -0.2) is 33.7 Å². The maximum atomic E-state index is 15.0. The van der Waals surface area contributed by atoms with Crippen LogP contribution in [0.1, 0.15) is 104 Å². The van der Waals surface area contributed by atoms with E-state index in [9.17, 15) is 14.0 Å². The van der Waals surface area contributed by atoms with E-state index in [1.165, 1.54) is 13.0 Å². The fraction of sp³-hybridized carbons (Fsp3) is 0.434. The van der Waals surface area contributed by atoms with Crippen molar-refractivity contribution in [1.82, 2.24) is 54.2 Å². The second-order valence-corrected chi connectivity index (χ2v) is 19.0. The maximum absolute atomic E-state index is 15.0. The number of nitrogens with zero attached hydrogens (tertiary/aromatic N) is 11. The summed E-state index contributed by atoms with van der Waals surface area (Å²) in [5.41, 5.74) is 6.55. The Hall–Kier alpha value is -6.56. The molecule has 10 rings (SSSR count). The van der Waals surface area contributed by atoms with Crippen molar-refractivity contribution in [2.45, 2.75) is 92.3 Å². The Bertz CT molecular complexity index is 3040. The highest BCUT2D eigenvalue weighted by atomic mass is 19.1. The minimum Gasteiger partial charge on any atom is -0.368 e. The predicted octanol–water partition coefficient (Wildman–Crippen LogP) is 8.35. The number of fused-ring (bicyclic) bond motifs is 2. The van der Waals surface area contributed by atoms with E-state index in [4.69, 9.17) is 4.98 Å². The zero-order valence-electron chi connectivity index (χ0n) is 41.1. The number of aromatic nitrogens is 8. The number of likely N-dealkylation sites (N-methyl/N-ethyl adjacent to an activating group) is 1. The molecule has 17 heteroatoms. The lowest BCUT2D eigenvalue weighted by atomic mass is 10.0. The molecule has 0 radical (unpaired) electrons. The first-order chi connectivity index (χ1) is 33.8. The van der Waals surface area contributed by atoms with Crippen molar-refractivity contribution in [1.29, 1.82) is 0 Å². The van der Waals surface area contributed by atoms with Crippen molar-refractivity contribution in [3.05, 3.63) is 123 Å². The molecule has 0 atom stereocenters. The topological polar surface area (TPSA) is 155 Å². The maximum Gasteiger partial charge on any atom is 0.263 e.